The summed E-state index contributed by atoms with van der Waals surface area (Å²) in [7, 11) is 0. The number of likely N-dealkylation sites (tertiary alicyclic amines) is 1. The van der Waals surface area contributed by atoms with E-state index in [1.165, 1.54) is 4.90 Å². The normalized spacial score (nSPS) is 18.9. The van der Waals surface area contributed by atoms with Gasteiger partial charge in [0.2, 0.25) is 11.8 Å². The van der Waals surface area contributed by atoms with Crippen molar-refractivity contribution in [2.45, 2.75) is 77.5 Å². The van der Waals surface area contributed by atoms with Crippen molar-refractivity contribution < 1.29 is 19.2 Å². The van der Waals surface area contributed by atoms with Gasteiger partial charge >= 0.3 is 0 Å². The Balaban J connectivity index is 1.42. The fraction of sp³-hybridized carbons (Fsp3) is 0.481. The number of carbonyl (C=O) groups excluding carboxylic acids is 2. The second-order valence-corrected chi connectivity index (χ2v) is 11.3. The van der Waals surface area contributed by atoms with Crippen LogP contribution in [0.5, 0.6) is 0 Å². The Morgan fingerprint density at radius 1 is 1.28 bits per heavy atom. The number of carbonyl (C=O) groups is 2. The summed E-state index contributed by atoms with van der Waals surface area (Å²) in [5.74, 6) is -0.568. The smallest absolute Gasteiger partial charge is 0.243 e. The first-order chi connectivity index (χ1) is 17.1. The Morgan fingerprint density at radius 3 is 2.58 bits per heavy atom. The monoisotopic (exact) mass is 510 g/mol. The molecule has 0 bridgehead atoms. The Morgan fingerprint density at radius 2 is 2.00 bits per heavy atom. The van der Waals surface area contributed by atoms with Gasteiger partial charge in [-0.25, -0.2) is 4.98 Å². The van der Waals surface area contributed by atoms with Crippen LogP contribution in [-0.2, 0) is 21.5 Å². The van der Waals surface area contributed by atoms with Gasteiger partial charge in [0.1, 0.15) is 11.8 Å². The lowest BCUT2D eigenvalue weighted by molar-refractivity contribution is -0.140. The zero-order valence-electron chi connectivity index (χ0n) is 21.4. The lowest BCUT2D eigenvalue weighted by Gasteiger charge is -2.26. The Hall–Kier alpha value is -3.04. The predicted octanol–water partition coefficient (Wildman–Crippen LogP) is 4.18. The third kappa shape index (κ3) is 5.52. The number of aliphatic hydroxyl groups is 1. The molecule has 2 N–H and O–H groups in total. The van der Waals surface area contributed by atoms with Gasteiger partial charge in [-0.15, -0.1) is 11.3 Å². The fourth-order valence-electron chi connectivity index (χ4n) is 4.47. The summed E-state index contributed by atoms with van der Waals surface area (Å²) in [5, 5.41) is 17.4. The maximum Gasteiger partial charge on any atom is 0.243 e. The average molecular weight is 511 g/mol. The van der Waals surface area contributed by atoms with Crippen LogP contribution in [-0.4, -0.2) is 50.7 Å². The van der Waals surface area contributed by atoms with E-state index in [4.69, 9.17) is 4.52 Å². The van der Waals surface area contributed by atoms with Gasteiger partial charge in [0.05, 0.1) is 33.8 Å². The van der Waals surface area contributed by atoms with Crippen molar-refractivity contribution in [3.8, 4) is 10.4 Å². The Kier molecular flexibility index (Phi) is 7.61. The minimum Gasteiger partial charge on any atom is -0.391 e. The van der Waals surface area contributed by atoms with Crippen molar-refractivity contribution in [1.82, 2.24) is 20.4 Å². The molecular formula is C27H34N4O4S. The number of hydrogen-bond acceptors (Lipinski definition) is 7. The molecule has 4 rings (SSSR count). The molecule has 3 heterocycles. The van der Waals surface area contributed by atoms with E-state index in [9.17, 15) is 14.7 Å². The molecular weight excluding hydrogens is 476 g/mol. The van der Waals surface area contributed by atoms with E-state index in [1.54, 1.807) is 11.3 Å². The van der Waals surface area contributed by atoms with Crippen LogP contribution in [0.15, 0.2) is 40.4 Å². The van der Waals surface area contributed by atoms with Crippen LogP contribution >= 0.6 is 11.3 Å². The third-order valence-corrected chi connectivity index (χ3v) is 7.62. The molecule has 0 saturated carbocycles. The SMILES string of the molecule is CCC(C(=O)N1CC(O)CC1C(=O)NCc1ccc(-c2scnc2C)cc1)c1cc(C(C)(C)C)no1. The summed E-state index contributed by atoms with van der Waals surface area (Å²) in [4.78, 5) is 33.5. The highest BCUT2D eigenvalue weighted by atomic mass is 32.1. The fourth-order valence-corrected chi connectivity index (χ4v) is 5.28. The second kappa shape index (κ2) is 10.5. The van der Waals surface area contributed by atoms with Crippen molar-refractivity contribution in [1.29, 1.82) is 0 Å². The number of hydrogen-bond donors (Lipinski definition) is 2. The number of nitrogens with one attached hydrogen (secondary N) is 1. The van der Waals surface area contributed by atoms with Gasteiger partial charge in [-0.3, -0.25) is 9.59 Å². The van der Waals surface area contributed by atoms with Crippen LogP contribution in [0.25, 0.3) is 10.4 Å². The molecule has 3 aromatic rings. The molecule has 1 aliphatic rings. The highest BCUT2D eigenvalue weighted by Gasteiger charge is 2.42. The number of amides is 2. The minimum absolute atomic E-state index is 0.122. The van der Waals surface area contributed by atoms with Gasteiger partial charge in [-0.05, 0) is 24.5 Å². The van der Waals surface area contributed by atoms with Crippen molar-refractivity contribution >= 4 is 23.2 Å². The Labute approximate surface area is 215 Å². The van der Waals surface area contributed by atoms with Gasteiger partial charge in [0, 0.05) is 31.0 Å². The minimum atomic E-state index is -0.746. The molecule has 1 aliphatic heterocycles. The molecule has 0 spiro atoms. The van der Waals surface area contributed by atoms with Crippen molar-refractivity contribution in [3.63, 3.8) is 0 Å². The van der Waals surface area contributed by atoms with Gasteiger partial charge in [0.15, 0.2) is 0 Å². The zero-order valence-corrected chi connectivity index (χ0v) is 22.3. The van der Waals surface area contributed by atoms with Crippen LogP contribution in [0, 0.1) is 6.92 Å². The average Bonchev–Trinajstić information content (AvgIpc) is 3.58. The molecule has 3 unspecified atom stereocenters. The first kappa shape index (κ1) is 26.0. The van der Waals surface area contributed by atoms with E-state index < -0.39 is 18.1 Å². The lowest BCUT2D eigenvalue weighted by Crippen LogP contribution is -2.47. The lowest BCUT2D eigenvalue weighted by atomic mass is 9.91. The number of benzene rings is 1. The summed E-state index contributed by atoms with van der Waals surface area (Å²) in [6.45, 7) is 10.4. The molecule has 0 aliphatic carbocycles. The van der Waals surface area contributed by atoms with Crippen molar-refractivity contribution in [3.05, 3.63) is 58.6 Å². The number of nitrogens with zero attached hydrogens (tertiary/aromatic N) is 3. The van der Waals surface area contributed by atoms with Gasteiger partial charge in [-0.2, -0.15) is 0 Å². The van der Waals surface area contributed by atoms with Crippen molar-refractivity contribution in [2.24, 2.45) is 0 Å². The molecule has 2 aromatic heterocycles. The maximum atomic E-state index is 13.5. The van der Waals surface area contributed by atoms with Crippen LogP contribution in [0.1, 0.15) is 69.2 Å². The van der Waals surface area contributed by atoms with Crippen LogP contribution < -0.4 is 5.32 Å². The number of aryl methyl sites for hydroxylation is 1. The molecule has 1 aromatic carbocycles. The molecule has 1 saturated heterocycles. The van der Waals surface area contributed by atoms with Crippen LogP contribution in [0.2, 0.25) is 0 Å². The molecule has 8 nitrogen and oxygen atoms in total. The standard InChI is InChI=1S/C27H34N4O4S/c1-6-20(22-12-23(30-35-22)27(3,4)5)26(34)31-14-19(32)11-21(31)25(33)28-13-17-7-9-18(10-8-17)24-16(2)29-15-36-24/h7-10,12,15,19-21,32H,6,11,13-14H2,1-5H3,(H,28,33). The van der Waals surface area contributed by atoms with E-state index >= 15 is 0 Å². The predicted molar refractivity (Wildman–Crippen MR) is 138 cm³/mol. The number of rotatable bonds is 7. The highest BCUT2D eigenvalue weighted by molar-refractivity contribution is 7.13. The molecule has 36 heavy (non-hydrogen) atoms. The van der Waals surface area contributed by atoms with Crippen LogP contribution in [0.3, 0.4) is 0 Å². The number of aromatic nitrogens is 2. The molecule has 0 radical (unpaired) electrons. The van der Waals surface area contributed by atoms with E-state index in [0.29, 0.717) is 18.7 Å². The van der Waals surface area contributed by atoms with E-state index in [1.807, 2.05) is 70.5 Å². The highest BCUT2D eigenvalue weighted by Crippen LogP contribution is 2.31. The van der Waals surface area contributed by atoms with Gasteiger partial charge in [0.25, 0.3) is 0 Å². The molecule has 2 amide bonds. The maximum absolute atomic E-state index is 13.5. The van der Waals surface area contributed by atoms with E-state index in [0.717, 1.165) is 27.4 Å². The largest absolute Gasteiger partial charge is 0.391 e. The van der Waals surface area contributed by atoms with Gasteiger partial charge < -0.3 is 19.8 Å². The van der Waals surface area contributed by atoms with Gasteiger partial charge in [-0.1, -0.05) is 57.1 Å². The summed E-state index contributed by atoms with van der Waals surface area (Å²) < 4.78 is 5.53. The van der Waals surface area contributed by atoms with Crippen molar-refractivity contribution in [2.75, 3.05) is 6.54 Å². The third-order valence-electron chi connectivity index (χ3n) is 6.64. The molecule has 9 heteroatoms. The summed E-state index contributed by atoms with van der Waals surface area (Å²) >= 11 is 1.60. The first-order valence-corrected chi connectivity index (χ1v) is 13.2. The molecule has 192 valence electrons. The summed E-state index contributed by atoms with van der Waals surface area (Å²) in [6.07, 6.45) is -0.0326. The summed E-state index contributed by atoms with van der Waals surface area (Å²) in [5.41, 5.74) is 5.44. The topological polar surface area (TPSA) is 109 Å². The number of β-amino-alcohol motifs (C(OH)–C–C–N with tert-alkyl or cyclic N) is 1. The van der Waals surface area contributed by atoms with E-state index in [-0.39, 0.29) is 30.2 Å². The quantitative estimate of drug-likeness (QED) is 0.494. The van der Waals surface area contributed by atoms with Crippen LogP contribution in [0.4, 0.5) is 0 Å². The van der Waals surface area contributed by atoms with E-state index in [2.05, 4.69) is 15.5 Å². The molecule has 3 atom stereocenters. The Bertz CT molecular complexity index is 1210. The second-order valence-electron chi connectivity index (χ2n) is 10.4. The first-order valence-electron chi connectivity index (χ1n) is 12.3. The molecule has 1 fully saturated rings. The zero-order chi connectivity index (χ0) is 26.0. The number of thiazole rings is 1. The number of aliphatic hydroxyl groups excluding tert-OH is 1. The summed E-state index contributed by atoms with van der Waals surface area (Å²) in [6, 6.07) is 9.09.